The predicted molar refractivity (Wildman–Crippen MR) is 70.6 cm³/mol. The van der Waals surface area contributed by atoms with Crippen molar-refractivity contribution in [1.82, 2.24) is 0 Å². The summed E-state index contributed by atoms with van der Waals surface area (Å²) in [7, 11) is -2.03. The summed E-state index contributed by atoms with van der Waals surface area (Å²) in [4.78, 5) is 11.9. The molecule has 0 atom stereocenters. The fourth-order valence-corrected chi connectivity index (χ4v) is 1.68. The van der Waals surface area contributed by atoms with Gasteiger partial charge in [0, 0.05) is 5.46 Å². The third kappa shape index (κ3) is 2.84. The summed E-state index contributed by atoms with van der Waals surface area (Å²) in [6, 6.07) is 9.05. The molecule has 0 heterocycles. The van der Waals surface area contributed by atoms with E-state index in [0.29, 0.717) is 0 Å². The van der Waals surface area contributed by atoms with Crippen LogP contribution < -0.4 is 10.8 Å². The molecule has 0 spiro atoms. The van der Waals surface area contributed by atoms with E-state index in [1.807, 2.05) is 0 Å². The second-order valence-electron chi connectivity index (χ2n) is 4.02. The minimum atomic E-state index is -2.03. The highest BCUT2D eigenvalue weighted by atomic mass is 19.1. The van der Waals surface area contributed by atoms with Crippen LogP contribution in [-0.4, -0.2) is 23.1 Å². The molecule has 102 valence electrons. The standard InChI is InChI=1S/C13H10BF2NO3/c15-10-6-1-2-7-11(10)17-13(18)8-4-3-5-9(12(8)16)14(19)20/h1-7,19-20H,(H,17,18). The van der Waals surface area contributed by atoms with E-state index in [1.54, 1.807) is 0 Å². The van der Waals surface area contributed by atoms with Crippen LogP contribution in [0.3, 0.4) is 0 Å². The molecule has 7 heteroatoms. The lowest BCUT2D eigenvalue weighted by molar-refractivity contribution is 0.102. The van der Waals surface area contributed by atoms with Crippen molar-refractivity contribution in [2.24, 2.45) is 0 Å². The molecular formula is C13H10BF2NO3. The van der Waals surface area contributed by atoms with Gasteiger partial charge in [0.15, 0.2) is 0 Å². The van der Waals surface area contributed by atoms with Gasteiger partial charge in [-0.25, -0.2) is 8.78 Å². The Labute approximate surface area is 113 Å². The van der Waals surface area contributed by atoms with Gasteiger partial charge in [0.05, 0.1) is 11.3 Å². The predicted octanol–water partition coefficient (Wildman–Crippen LogP) is 0.897. The molecular weight excluding hydrogens is 267 g/mol. The van der Waals surface area contributed by atoms with Crippen molar-refractivity contribution in [2.45, 2.75) is 0 Å². The number of para-hydroxylation sites is 1. The second kappa shape index (κ2) is 5.81. The van der Waals surface area contributed by atoms with E-state index in [4.69, 9.17) is 10.0 Å². The van der Waals surface area contributed by atoms with Gasteiger partial charge >= 0.3 is 7.12 Å². The number of carbonyl (C=O) groups is 1. The van der Waals surface area contributed by atoms with E-state index >= 15 is 0 Å². The number of rotatable bonds is 3. The molecule has 0 aliphatic carbocycles. The zero-order valence-corrected chi connectivity index (χ0v) is 10.2. The van der Waals surface area contributed by atoms with Crippen LogP contribution in [0.15, 0.2) is 42.5 Å². The van der Waals surface area contributed by atoms with Crippen molar-refractivity contribution in [3.8, 4) is 0 Å². The molecule has 3 N–H and O–H groups in total. The molecule has 2 rings (SSSR count). The van der Waals surface area contributed by atoms with Gasteiger partial charge in [0.25, 0.3) is 5.91 Å². The molecule has 1 amide bonds. The topological polar surface area (TPSA) is 69.6 Å². The Hall–Kier alpha value is -2.25. The van der Waals surface area contributed by atoms with Crippen LogP contribution in [0.5, 0.6) is 0 Å². The van der Waals surface area contributed by atoms with Gasteiger partial charge in [-0.15, -0.1) is 0 Å². The molecule has 0 aliphatic heterocycles. The maximum Gasteiger partial charge on any atom is 0.491 e. The third-order valence-corrected chi connectivity index (χ3v) is 2.67. The highest BCUT2D eigenvalue weighted by Crippen LogP contribution is 2.15. The lowest BCUT2D eigenvalue weighted by atomic mass is 9.79. The minimum absolute atomic E-state index is 0.0909. The average Bonchev–Trinajstić information content (AvgIpc) is 2.41. The quantitative estimate of drug-likeness (QED) is 0.730. The van der Waals surface area contributed by atoms with E-state index in [0.717, 1.165) is 18.2 Å². The van der Waals surface area contributed by atoms with Crippen molar-refractivity contribution in [3.05, 3.63) is 59.7 Å². The molecule has 0 fully saturated rings. The monoisotopic (exact) mass is 277 g/mol. The van der Waals surface area contributed by atoms with Gasteiger partial charge in [0.1, 0.15) is 11.6 Å². The van der Waals surface area contributed by atoms with Crippen molar-refractivity contribution in [1.29, 1.82) is 0 Å². The Morgan fingerprint density at radius 3 is 2.40 bits per heavy atom. The number of amides is 1. The summed E-state index contributed by atoms with van der Waals surface area (Å²) in [6.07, 6.45) is 0. The largest absolute Gasteiger partial charge is 0.491 e. The lowest BCUT2D eigenvalue weighted by Gasteiger charge is -2.09. The summed E-state index contributed by atoms with van der Waals surface area (Å²) in [6.45, 7) is 0. The first-order valence-corrected chi connectivity index (χ1v) is 5.71. The van der Waals surface area contributed by atoms with E-state index in [2.05, 4.69) is 5.32 Å². The van der Waals surface area contributed by atoms with Crippen molar-refractivity contribution < 1.29 is 23.6 Å². The van der Waals surface area contributed by atoms with Gasteiger partial charge in [-0.2, -0.15) is 0 Å². The molecule has 0 aliphatic rings. The van der Waals surface area contributed by atoms with Gasteiger partial charge in [-0.3, -0.25) is 4.79 Å². The highest BCUT2D eigenvalue weighted by molar-refractivity contribution is 6.58. The number of hydrogen-bond acceptors (Lipinski definition) is 3. The van der Waals surface area contributed by atoms with Crippen molar-refractivity contribution in [3.63, 3.8) is 0 Å². The van der Waals surface area contributed by atoms with Gasteiger partial charge in [0.2, 0.25) is 0 Å². The molecule has 0 saturated heterocycles. The number of halogens is 2. The van der Waals surface area contributed by atoms with Crippen LogP contribution in [0.1, 0.15) is 10.4 Å². The van der Waals surface area contributed by atoms with Crippen LogP contribution in [0.25, 0.3) is 0 Å². The molecule has 0 unspecified atom stereocenters. The van der Waals surface area contributed by atoms with Crippen LogP contribution in [0.2, 0.25) is 0 Å². The smallest absolute Gasteiger partial charge is 0.423 e. The number of carbonyl (C=O) groups excluding carboxylic acids is 1. The van der Waals surface area contributed by atoms with Crippen LogP contribution in [0, 0.1) is 11.6 Å². The molecule has 0 aromatic heterocycles. The maximum absolute atomic E-state index is 13.9. The second-order valence-corrected chi connectivity index (χ2v) is 4.02. The van der Waals surface area contributed by atoms with E-state index in [-0.39, 0.29) is 5.69 Å². The normalized spacial score (nSPS) is 10.2. The molecule has 2 aromatic rings. The summed E-state index contributed by atoms with van der Waals surface area (Å²) in [5, 5.41) is 20.2. The van der Waals surface area contributed by atoms with Crippen LogP contribution >= 0.6 is 0 Å². The van der Waals surface area contributed by atoms with E-state index in [1.165, 1.54) is 24.3 Å². The molecule has 0 radical (unpaired) electrons. The maximum atomic E-state index is 13.9. The first-order valence-electron chi connectivity index (χ1n) is 5.71. The van der Waals surface area contributed by atoms with E-state index < -0.39 is 35.7 Å². The molecule has 2 aromatic carbocycles. The zero-order valence-electron chi connectivity index (χ0n) is 10.2. The van der Waals surface area contributed by atoms with Gasteiger partial charge in [-0.05, 0) is 18.2 Å². The van der Waals surface area contributed by atoms with Crippen molar-refractivity contribution >= 4 is 24.2 Å². The Balaban J connectivity index is 2.31. The van der Waals surface area contributed by atoms with Crippen molar-refractivity contribution in [2.75, 3.05) is 5.32 Å². The van der Waals surface area contributed by atoms with Gasteiger partial charge in [-0.1, -0.05) is 24.3 Å². The van der Waals surface area contributed by atoms with Gasteiger partial charge < -0.3 is 15.4 Å². The molecule has 20 heavy (non-hydrogen) atoms. The number of benzene rings is 2. The lowest BCUT2D eigenvalue weighted by Crippen LogP contribution is -2.34. The number of nitrogens with one attached hydrogen (secondary N) is 1. The summed E-state index contributed by atoms with van der Waals surface area (Å²) >= 11 is 0. The Morgan fingerprint density at radius 2 is 1.75 bits per heavy atom. The van der Waals surface area contributed by atoms with Crippen LogP contribution in [0.4, 0.5) is 14.5 Å². The SMILES string of the molecule is O=C(Nc1ccccc1F)c1cccc(B(O)O)c1F. The third-order valence-electron chi connectivity index (χ3n) is 2.67. The highest BCUT2D eigenvalue weighted by Gasteiger charge is 2.22. The Kier molecular flexibility index (Phi) is 4.12. The Morgan fingerprint density at radius 1 is 1.05 bits per heavy atom. The Bertz CT molecular complexity index is 649. The molecule has 0 bridgehead atoms. The first-order chi connectivity index (χ1) is 9.50. The average molecular weight is 277 g/mol. The summed E-state index contributed by atoms with van der Waals surface area (Å²) in [5.41, 5.74) is -0.920. The summed E-state index contributed by atoms with van der Waals surface area (Å²) < 4.78 is 27.3. The molecule has 0 saturated carbocycles. The summed E-state index contributed by atoms with van der Waals surface area (Å²) in [5.74, 6) is -2.59. The van der Waals surface area contributed by atoms with Crippen LogP contribution in [-0.2, 0) is 0 Å². The first kappa shape index (κ1) is 14.2. The number of anilines is 1. The fourth-order valence-electron chi connectivity index (χ4n) is 1.68. The minimum Gasteiger partial charge on any atom is -0.423 e. The van der Waals surface area contributed by atoms with E-state index in [9.17, 15) is 13.6 Å². The zero-order chi connectivity index (χ0) is 14.7. The fraction of sp³-hybridized carbons (Fsp3) is 0. The molecule has 4 nitrogen and oxygen atoms in total. The number of hydrogen-bond donors (Lipinski definition) is 3.